The van der Waals surface area contributed by atoms with E-state index >= 15 is 0 Å². The molecule has 1 aromatic heterocycles. The third-order valence-electron chi connectivity index (χ3n) is 4.06. The number of para-hydroxylation sites is 1. The second-order valence-electron chi connectivity index (χ2n) is 5.68. The van der Waals surface area contributed by atoms with Gasteiger partial charge >= 0.3 is 0 Å². The molecule has 1 unspecified atom stereocenters. The van der Waals surface area contributed by atoms with Crippen LogP contribution in [0.15, 0.2) is 42.7 Å². The third-order valence-corrected chi connectivity index (χ3v) is 4.06. The SMILES string of the molecule is CN(Cc1cnn(-c2ccccc2)c1)C(CN)C1CC1. The van der Waals surface area contributed by atoms with Crippen LogP contribution in [0.2, 0.25) is 0 Å². The Morgan fingerprint density at radius 2 is 2.10 bits per heavy atom. The molecule has 1 aromatic carbocycles. The Hall–Kier alpha value is -1.65. The van der Waals surface area contributed by atoms with Gasteiger partial charge in [-0.1, -0.05) is 18.2 Å². The molecule has 0 saturated heterocycles. The summed E-state index contributed by atoms with van der Waals surface area (Å²) in [6, 6.07) is 10.7. The molecule has 1 fully saturated rings. The minimum absolute atomic E-state index is 0.509. The van der Waals surface area contributed by atoms with Crippen LogP contribution in [0, 0.1) is 5.92 Å². The minimum Gasteiger partial charge on any atom is -0.329 e. The fraction of sp³-hybridized carbons (Fsp3) is 0.438. The van der Waals surface area contributed by atoms with Crippen molar-refractivity contribution in [3.05, 3.63) is 48.3 Å². The predicted octanol–water partition coefficient (Wildman–Crippen LogP) is 2.04. The molecular formula is C16H22N4. The van der Waals surface area contributed by atoms with Gasteiger partial charge in [-0.05, 0) is 37.9 Å². The Bertz CT molecular complexity index is 545. The van der Waals surface area contributed by atoms with Gasteiger partial charge in [-0.2, -0.15) is 5.10 Å². The predicted molar refractivity (Wildman–Crippen MR) is 80.6 cm³/mol. The molecule has 1 atom stereocenters. The summed E-state index contributed by atoms with van der Waals surface area (Å²) in [7, 11) is 2.16. The van der Waals surface area contributed by atoms with Gasteiger partial charge in [0.05, 0.1) is 11.9 Å². The van der Waals surface area contributed by atoms with Crippen LogP contribution in [0.4, 0.5) is 0 Å². The van der Waals surface area contributed by atoms with E-state index in [0.717, 1.165) is 24.7 Å². The Labute approximate surface area is 120 Å². The first-order valence-electron chi connectivity index (χ1n) is 7.27. The molecule has 0 amide bonds. The lowest BCUT2D eigenvalue weighted by Gasteiger charge is -2.26. The maximum atomic E-state index is 5.90. The molecule has 20 heavy (non-hydrogen) atoms. The van der Waals surface area contributed by atoms with Crippen molar-refractivity contribution in [3.63, 3.8) is 0 Å². The van der Waals surface area contributed by atoms with Crippen LogP contribution in [0.3, 0.4) is 0 Å². The van der Waals surface area contributed by atoms with Crippen LogP contribution in [0.1, 0.15) is 18.4 Å². The van der Waals surface area contributed by atoms with E-state index in [1.54, 1.807) is 0 Å². The van der Waals surface area contributed by atoms with Crippen LogP contribution in [0.25, 0.3) is 5.69 Å². The van der Waals surface area contributed by atoms with Crippen molar-refractivity contribution in [2.24, 2.45) is 11.7 Å². The van der Waals surface area contributed by atoms with E-state index in [1.165, 1.54) is 18.4 Å². The summed E-state index contributed by atoms with van der Waals surface area (Å²) in [6.07, 6.45) is 6.71. The molecule has 3 rings (SSSR count). The van der Waals surface area contributed by atoms with E-state index in [2.05, 4.69) is 35.4 Å². The fourth-order valence-corrected chi connectivity index (χ4v) is 2.78. The molecule has 0 aliphatic heterocycles. The minimum atomic E-state index is 0.509. The highest BCUT2D eigenvalue weighted by molar-refractivity contribution is 5.30. The second kappa shape index (κ2) is 5.77. The third kappa shape index (κ3) is 2.92. The molecule has 1 saturated carbocycles. The molecule has 0 radical (unpaired) electrons. The van der Waals surface area contributed by atoms with Crippen molar-refractivity contribution in [1.29, 1.82) is 0 Å². The van der Waals surface area contributed by atoms with Crippen molar-refractivity contribution < 1.29 is 0 Å². The zero-order valence-electron chi connectivity index (χ0n) is 11.9. The lowest BCUT2D eigenvalue weighted by Crippen LogP contribution is -2.39. The van der Waals surface area contributed by atoms with Gasteiger partial charge in [0.2, 0.25) is 0 Å². The van der Waals surface area contributed by atoms with Crippen molar-refractivity contribution in [1.82, 2.24) is 14.7 Å². The number of nitrogens with two attached hydrogens (primary N) is 1. The summed E-state index contributed by atoms with van der Waals surface area (Å²) in [5, 5.41) is 4.44. The molecule has 4 heteroatoms. The average molecular weight is 270 g/mol. The Morgan fingerprint density at radius 1 is 1.35 bits per heavy atom. The topological polar surface area (TPSA) is 47.1 Å². The normalized spacial score (nSPS) is 16.6. The molecule has 106 valence electrons. The summed E-state index contributed by atoms with van der Waals surface area (Å²) in [4.78, 5) is 2.37. The fourth-order valence-electron chi connectivity index (χ4n) is 2.78. The number of benzene rings is 1. The molecular weight excluding hydrogens is 248 g/mol. The van der Waals surface area contributed by atoms with Gasteiger partial charge in [0.15, 0.2) is 0 Å². The maximum Gasteiger partial charge on any atom is 0.0645 e. The zero-order valence-corrected chi connectivity index (χ0v) is 11.9. The van der Waals surface area contributed by atoms with Crippen molar-refractivity contribution in [2.45, 2.75) is 25.4 Å². The van der Waals surface area contributed by atoms with E-state index in [0.29, 0.717) is 6.04 Å². The summed E-state index contributed by atoms with van der Waals surface area (Å²) >= 11 is 0. The molecule has 1 aliphatic rings. The first kappa shape index (κ1) is 13.3. The lowest BCUT2D eigenvalue weighted by atomic mass is 10.1. The molecule has 2 aromatic rings. The number of aromatic nitrogens is 2. The standard InChI is InChI=1S/C16H22N4/c1-19(16(9-17)14-7-8-14)11-13-10-18-20(12-13)15-5-3-2-4-6-15/h2-6,10,12,14,16H,7-9,11,17H2,1H3. The molecule has 2 N–H and O–H groups in total. The zero-order chi connectivity index (χ0) is 13.9. The summed E-state index contributed by atoms with van der Waals surface area (Å²) in [6.45, 7) is 1.65. The van der Waals surface area contributed by atoms with E-state index in [4.69, 9.17) is 5.73 Å². The molecule has 1 heterocycles. The first-order valence-corrected chi connectivity index (χ1v) is 7.27. The van der Waals surface area contributed by atoms with Gasteiger partial charge in [0, 0.05) is 30.9 Å². The van der Waals surface area contributed by atoms with Crippen LogP contribution in [-0.4, -0.2) is 34.3 Å². The molecule has 1 aliphatic carbocycles. The number of hydrogen-bond acceptors (Lipinski definition) is 3. The van der Waals surface area contributed by atoms with Crippen molar-refractivity contribution in [3.8, 4) is 5.69 Å². The van der Waals surface area contributed by atoms with E-state index in [-0.39, 0.29) is 0 Å². The van der Waals surface area contributed by atoms with E-state index < -0.39 is 0 Å². The molecule has 0 bridgehead atoms. The highest BCUT2D eigenvalue weighted by atomic mass is 15.3. The highest BCUT2D eigenvalue weighted by Crippen LogP contribution is 2.34. The van der Waals surface area contributed by atoms with Gasteiger partial charge in [0.1, 0.15) is 0 Å². The summed E-state index contributed by atoms with van der Waals surface area (Å²) in [5.74, 6) is 0.800. The Kier molecular flexibility index (Phi) is 3.85. The Balaban J connectivity index is 1.68. The van der Waals surface area contributed by atoms with Gasteiger partial charge in [-0.25, -0.2) is 4.68 Å². The lowest BCUT2D eigenvalue weighted by molar-refractivity contribution is 0.215. The quantitative estimate of drug-likeness (QED) is 0.874. The first-order chi connectivity index (χ1) is 9.78. The number of hydrogen-bond donors (Lipinski definition) is 1. The van der Waals surface area contributed by atoms with Crippen molar-refractivity contribution >= 4 is 0 Å². The van der Waals surface area contributed by atoms with Gasteiger partial charge in [0.25, 0.3) is 0 Å². The van der Waals surface area contributed by atoms with Crippen molar-refractivity contribution in [2.75, 3.05) is 13.6 Å². The smallest absolute Gasteiger partial charge is 0.0645 e. The Morgan fingerprint density at radius 3 is 2.75 bits per heavy atom. The van der Waals surface area contributed by atoms with E-state index in [9.17, 15) is 0 Å². The van der Waals surface area contributed by atoms with Gasteiger partial charge in [-0.15, -0.1) is 0 Å². The number of rotatable bonds is 6. The molecule has 4 nitrogen and oxygen atoms in total. The van der Waals surface area contributed by atoms with Crippen LogP contribution in [0.5, 0.6) is 0 Å². The second-order valence-corrected chi connectivity index (χ2v) is 5.68. The van der Waals surface area contributed by atoms with Crippen LogP contribution < -0.4 is 5.73 Å². The number of nitrogens with zero attached hydrogens (tertiary/aromatic N) is 3. The summed E-state index contributed by atoms with van der Waals surface area (Å²) in [5.41, 5.74) is 8.23. The van der Waals surface area contributed by atoms with Crippen LogP contribution in [-0.2, 0) is 6.54 Å². The summed E-state index contributed by atoms with van der Waals surface area (Å²) < 4.78 is 1.93. The van der Waals surface area contributed by atoms with E-state index in [1.807, 2.05) is 29.1 Å². The van der Waals surface area contributed by atoms with Crippen LogP contribution >= 0.6 is 0 Å². The maximum absolute atomic E-state index is 5.90. The molecule has 0 spiro atoms. The monoisotopic (exact) mass is 270 g/mol. The van der Waals surface area contributed by atoms with Gasteiger partial charge in [-0.3, -0.25) is 4.90 Å². The highest BCUT2D eigenvalue weighted by Gasteiger charge is 2.32. The number of likely N-dealkylation sites (N-methyl/N-ethyl adjacent to an activating group) is 1. The average Bonchev–Trinajstić information content (AvgIpc) is 3.19. The largest absolute Gasteiger partial charge is 0.329 e. The van der Waals surface area contributed by atoms with Gasteiger partial charge < -0.3 is 5.73 Å².